The van der Waals surface area contributed by atoms with E-state index in [1.54, 1.807) is 0 Å². The highest BCUT2D eigenvalue weighted by atomic mass is 35.5. The summed E-state index contributed by atoms with van der Waals surface area (Å²) in [5, 5.41) is 2.89. The number of nitrogens with two attached hydrogens (primary N) is 1. The number of carbonyl (C=O) groups is 1. The van der Waals surface area contributed by atoms with E-state index in [0.29, 0.717) is 19.4 Å². The van der Waals surface area contributed by atoms with Crippen LogP contribution in [0.4, 0.5) is 11.4 Å². The Balaban J connectivity index is 0.00000200. The summed E-state index contributed by atoms with van der Waals surface area (Å²) in [6, 6.07) is 5.75. The number of halogens is 2. The largest absolute Gasteiger partial charge is 0.490 e. The van der Waals surface area contributed by atoms with Crippen molar-refractivity contribution in [3.63, 3.8) is 0 Å². The summed E-state index contributed by atoms with van der Waals surface area (Å²) in [5.74, 6) is 0.860. The number of anilines is 2. The third-order valence-corrected chi connectivity index (χ3v) is 3.16. The molecule has 1 aliphatic heterocycles. The summed E-state index contributed by atoms with van der Waals surface area (Å²) < 4.78 is 5.56. The van der Waals surface area contributed by atoms with E-state index in [2.05, 4.69) is 10.2 Å². The Bertz CT molecular complexity index is 470. The number of carbonyl (C=O) groups excluding carboxylic acids is 1. The number of hydrogen-bond donors (Lipinski definition) is 2. The lowest BCUT2D eigenvalue weighted by Gasteiger charge is -2.28. The molecular weight excluding hydrogens is 313 g/mol. The fourth-order valence-corrected chi connectivity index (χ4v) is 2.01. The molecule has 1 heterocycles. The highest BCUT2D eigenvalue weighted by molar-refractivity contribution is 5.91. The Morgan fingerprint density at radius 1 is 1.48 bits per heavy atom. The van der Waals surface area contributed by atoms with Crippen LogP contribution in [-0.4, -0.2) is 32.1 Å². The van der Waals surface area contributed by atoms with Gasteiger partial charge in [-0.3, -0.25) is 4.79 Å². The standard InChI is InChI=1S/C14H21N3O2.2ClH/c1-10(15)3-6-14(18)16-11-4-5-13-12(9-11)17(2)7-8-19-13;;/h4-5,9-10H,3,6-8,15H2,1-2H3,(H,16,18);2*1H. The zero-order valence-corrected chi connectivity index (χ0v) is 13.9. The molecule has 0 saturated carbocycles. The molecule has 1 aromatic rings. The second kappa shape index (κ2) is 8.97. The Morgan fingerprint density at radius 3 is 2.86 bits per heavy atom. The van der Waals surface area contributed by atoms with Crippen molar-refractivity contribution in [2.24, 2.45) is 5.73 Å². The van der Waals surface area contributed by atoms with Gasteiger partial charge in [0.2, 0.25) is 5.91 Å². The van der Waals surface area contributed by atoms with Crippen LogP contribution in [0.25, 0.3) is 0 Å². The number of nitrogens with one attached hydrogen (secondary N) is 1. The maximum atomic E-state index is 11.8. The first-order valence-corrected chi connectivity index (χ1v) is 6.59. The maximum Gasteiger partial charge on any atom is 0.224 e. The lowest BCUT2D eigenvalue weighted by Crippen LogP contribution is -2.28. The molecule has 1 aromatic carbocycles. The molecule has 1 aliphatic rings. The first-order chi connectivity index (χ1) is 9.06. The molecule has 0 aliphatic carbocycles. The highest BCUT2D eigenvalue weighted by Gasteiger charge is 2.15. The van der Waals surface area contributed by atoms with Gasteiger partial charge in [0.25, 0.3) is 0 Å². The molecule has 7 heteroatoms. The first kappa shape index (κ1) is 19.8. The van der Waals surface area contributed by atoms with E-state index in [1.807, 2.05) is 32.2 Å². The summed E-state index contributed by atoms with van der Waals surface area (Å²) in [4.78, 5) is 13.9. The predicted octanol–water partition coefficient (Wildman–Crippen LogP) is 2.42. The van der Waals surface area contributed by atoms with Crippen LogP contribution in [-0.2, 0) is 4.79 Å². The van der Waals surface area contributed by atoms with Gasteiger partial charge < -0.3 is 20.7 Å². The number of fused-ring (bicyclic) bond motifs is 1. The molecule has 0 saturated heterocycles. The van der Waals surface area contributed by atoms with E-state index in [0.717, 1.165) is 23.7 Å². The number of likely N-dealkylation sites (N-methyl/N-ethyl adjacent to an activating group) is 1. The van der Waals surface area contributed by atoms with Crippen molar-refractivity contribution in [1.82, 2.24) is 0 Å². The molecule has 5 nitrogen and oxygen atoms in total. The molecule has 0 bridgehead atoms. The Labute approximate surface area is 138 Å². The molecule has 2 rings (SSSR count). The lowest BCUT2D eigenvalue weighted by atomic mass is 10.2. The van der Waals surface area contributed by atoms with Crippen LogP contribution in [0.3, 0.4) is 0 Å². The molecule has 1 unspecified atom stereocenters. The quantitative estimate of drug-likeness (QED) is 0.886. The fourth-order valence-electron chi connectivity index (χ4n) is 2.01. The van der Waals surface area contributed by atoms with Gasteiger partial charge in [0.1, 0.15) is 12.4 Å². The van der Waals surface area contributed by atoms with Crippen molar-refractivity contribution in [2.75, 3.05) is 30.4 Å². The van der Waals surface area contributed by atoms with Gasteiger partial charge in [0, 0.05) is 25.2 Å². The minimum atomic E-state index is -0.00312. The normalized spacial score (nSPS) is 14.0. The lowest BCUT2D eigenvalue weighted by molar-refractivity contribution is -0.116. The molecule has 1 amide bonds. The zero-order valence-electron chi connectivity index (χ0n) is 12.3. The molecule has 0 spiro atoms. The van der Waals surface area contributed by atoms with Crippen LogP contribution in [0.1, 0.15) is 19.8 Å². The summed E-state index contributed by atoms with van der Waals surface area (Å²) in [6.45, 7) is 3.46. The van der Waals surface area contributed by atoms with Gasteiger partial charge in [-0.25, -0.2) is 0 Å². The number of hydrogen-bond acceptors (Lipinski definition) is 4. The SMILES string of the molecule is CC(N)CCC(=O)Nc1ccc2c(c1)N(C)CCO2.Cl.Cl. The van der Waals surface area contributed by atoms with Crippen LogP contribution in [0.2, 0.25) is 0 Å². The van der Waals surface area contributed by atoms with Crippen LogP contribution >= 0.6 is 24.8 Å². The molecule has 3 N–H and O–H groups in total. The first-order valence-electron chi connectivity index (χ1n) is 6.59. The molecule has 120 valence electrons. The minimum Gasteiger partial charge on any atom is -0.490 e. The van der Waals surface area contributed by atoms with Crippen molar-refractivity contribution in [3.05, 3.63) is 18.2 Å². The third-order valence-electron chi connectivity index (χ3n) is 3.16. The number of nitrogens with zero attached hydrogens (tertiary/aromatic N) is 1. The van der Waals surface area contributed by atoms with Gasteiger partial charge in [0.15, 0.2) is 0 Å². The van der Waals surface area contributed by atoms with Gasteiger partial charge in [0.05, 0.1) is 12.2 Å². The van der Waals surface area contributed by atoms with Gasteiger partial charge in [-0.05, 0) is 31.5 Å². The minimum absolute atomic E-state index is 0. The van der Waals surface area contributed by atoms with Gasteiger partial charge in [-0.1, -0.05) is 0 Å². The second-order valence-electron chi connectivity index (χ2n) is 5.02. The van der Waals surface area contributed by atoms with Gasteiger partial charge in [-0.15, -0.1) is 24.8 Å². The zero-order chi connectivity index (χ0) is 13.8. The van der Waals surface area contributed by atoms with E-state index in [9.17, 15) is 4.79 Å². The number of rotatable bonds is 4. The fraction of sp³-hybridized carbons (Fsp3) is 0.500. The van der Waals surface area contributed by atoms with E-state index in [4.69, 9.17) is 10.5 Å². The summed E-state index contributed by atoms with van der Waals surface area (Å²) in [7, 11) is 2.02. The van der Waals surface area contributed by atoms with E-state index in [1.165, 1.54) is 0 Å². The molecule has 0 radical (unpaired) electrons. The molecular formula is C14H23Cl2N3O2. The summed E-state index contributed by atoms with van der Waals surface area (Å²) >= 11 is 0. The molecule has 1 atom stereocenters. The average Bonchev–Trinajstić information content (AvgIpc) is 2.37. The van der Waals surface area contributed by atoms with E-state index >= 15 is 0 Å². The summed E-state index contributed by atoms with van der Waals surface area (Å²) in [5.41, 5.74) is 7.45. The maximum absolute atomic E-state index is 11.8. The molecule has 0 aromatic heterocycles. The Morgan fingerprint density at radius 2 is 2.19 bits per heavy atom. The van der Waals surface area contributed by atoms with Gasteiger partial charge >= 0.3 is 0 Å². The molecule has 21 heavy (non-hydrogen) atoms. The van der Waals surface area contributed by atoms with Crippen LogP contribution < -0.4 is 20.7 Å². The van der Waals surface area contributed by atoms with Crippen LogP contribution in [0.5, 0.6) is 5.75 Å². The second-order valence-corrected chi connectivity index (χ2v) is 5.02. The van der Waals surface area contributed by atoms with Crippen molar-refractivity contribution in [3.8, 4) is 5.75 Å². The van der Waals surface area contributed by atoms with Gasteiger partial charge in [-0.2, -0.15) is 0 Å². The number of ether oxygens (including phenoxy) is 1. The van der Waals surface area contributed by atoms with E-state index < -0.39 is 0 Å². The number of benzene rings is 1. The van der Waals surface area contributed by atoms with Crippen molar-refractivity contribution < 1.29 is 9.53 Å². The average molecular weight is 336 g/mol. The van der Waals surface area contributed by atoms with E-state index in [-0.39, 0.29) is 36.8 Å². The smallest absolute Gasteiger partial charge is 0.224 e. The number of amides is 1. The van der Waals surface area contributed by atoms with Crippen molar-refractivity contribution in [2.45, 2.75) is 25.8 Å². The predicted molar refractivity (Wildman–Crippen MR) is 91.2 cm³/mol. The van der Waals surface area contributed by atoms with Crippen LogP contribution in [0, 0.1) is 0 Å². The van der Waals surface area contributed by atoms with Crippen LogP contribution in [0.15, 0.2) is 18.2 Å². The monoisotopic (exact) mass is 335 g/mol. The Hall–Kier alpha value is -1.17. The van der Waals surface area contributed by atoms with Crippen molar-refractivity contribution in [1.29, 1.82) is 0 Å². The van der Waals surface area contributed by atoms with Crippen molar-refractivity contribution >= 4 is 42.1 Å². The third kappa shape index (κ3) is 5.61. The Kier molecular flexibility index (Phi) is 8.47. The highest BCUT2D eigenvalue weighted by Crippen LogP contribution is 2.33. The summed E-state index contributed by atoms with van der Waals surface area (Å²) in [6.07, 6.45) is 1.14. The topological polar surface area (TPSA) is 67.6 Å². The molecule has 0 fully saturated rings.